The number of hydrogen-bond acceptors (Lipinski definition) is 4. The Labute approximate surface area is 229 Å². The van der Waals surface area contributed by atoms with E-state index in [1.165, 1.54) is 30.3 Å². The highest BCUT2D eigenvalue weighted by Crippen LogP contribution is 2.35. The van der Waals surface area contributed by atoms with Gasteiger partial charge in [-0.15, -0.1) is 0 Å². The van der Waals surface area contributed by atoms with Gasteiger partial charge in [-0.2, -0.15) is 13.2 Å². The molecule has 1 aliphatic heterocycles. The number of aromatic nitrogens is 2. The Morgan fingerprint density at radius 3 is 2.62 bits per heavy atom. The molecule has 0 atom stereocenters. The van der Waals surface area contributed by atoms with E-state index in [9.17, 15) is 18.0 Å². The normalized spacial score (nSPS) is 14.7. The molecule has 0 unspecified atom stereocenters. The third kappa shape index (κ3) is 6.25. The van der Waals surface area contributed by atoms with Crippen LogP contribution in [0.1, 0.15) is 32.7 Å². The number of fused-ring (bicyclic) bond motifs is 1. The molecule has 0 saturated carbocycles. The first-order valence-electron chi connectivity index (χ1n) is 12.3. The number of alkyl halides is 3. The van der Waals surface area contributed by atoms with Gasteiger partial charge in [0.1, 0.15) is 11.3 Å². The Kier molecular flexibility index (Phi) is 7.62. The fourth-order valence-electron chi connectivity index (χ4n) is 4.42. The Bertz CT molecular complexity index is 1580. The van der Waals surface area contributed by atoms with Crippen LogP contribution >= 0.6 is 11.6 Å². The highest BCUT2D eigenvalue weighted by atomic mass is 35.5. The lowest BCUT2D eigenvalue weighted by Gasteiger charge is -2.33. The second-order valence-corrected chi connectivity index (χ2v) is 9.83. The summed E-state index contributed by atoms with van der Waals surface area (Å²) in [7, 11) is 1.99. The molecule has 1 saturated heterocycles. The molecule has 4 aromatic rings. The molecule has 2 aromatic heterocycles. The van der Waals surface area contributed by atoms with E-state index in [2.05, 4.69) is 27.0 Å². The molecular weight excluding hydrogens is 527 g/mol. The average molecular weight is 552 g/mol. The summed E-state index contributed by atoms with van der Waals surface area (Å²) in [5.41, 5.74) is 1.51. The van der Waals surface area contributed by atoms with Crippen LogP contribution in [0.15, 0.2) is 67.0 Å². The van der Waals surface area contributed by atoms with Gasteiger partial charge in [0.2, 0.25) is 0 Å². The van der Waals surface area contributed by atoms with Gasteiger partial charge in [0.15, 0.2) is 0 Å². The third-order valence-electron chi connectivity index (χ3n) is 6.63. The number of halogens is 4. The quantitative estimate of drug-likeness (QED) is 0.345. The second kappa shape index (κ2) is 11.1. The summed E-state index contributed by atoms with van der Waals surface area (Å²) in [6.07, 6.45) is -1.08. The molecule has 0 bridgehead atoms. The molecule has 1 aliphatic rings. The maximum absolute atomic E-state index is 13.9. The zero-order valence-corrected chi connectivity index (χ0v) is 21.9. The lowest BCUT2D eigenvalue weighted by atomic mass is 10.0. The van der Waals surface area contributed by atoms with Crippen LogP contribution in [-0.2, 0) is 12.7 Å². The summed E-state index contributed by atoms with van der Waals surface area (Å²) in [6.45, 7) is 3.21. The minimum atomic E-state index is -4.55. The molecule has 3 heterocycles. The molecule has 0 spiro atoms. The zero-order chi connectivity index (χ0) is 27.6. The fraction of sp³-hybridized carbons (Fsp3) is 0.241. The Hall–Kier alpha value is -3.84. The highest BCUT2D eigenvalue weighted by molar-refractivity contribution is 6.32. The number of hydrogen-bond donors (Lipinski definition) is 1. The number of carbonyl (C=O) groups excluding carboxylic acids is 1. The first-order valence-corrected chi connectivity index (χ1v) is 12.7. The highest BCUT2D eigenvalue weighted by Gasteiger charge is 2.34. The molecule has 2 aromatic carbocycles. The first-order chi connectivity index (χ1) is 18.7. The van der Waals surface area contributed by atoms with E-state index < -0.39 is 17.6 Å². The Morgan fingerprint density at radius 2 is 1.85 bits per heavy atom. The van der Waals surface area contributed by atoms with Crippen molar-refractivity contribution >= 4 is 28.8 Å². The van der Waals surface area contributed by atoms with Gasteiger partial charge < -0.3 is 10.2 Å². The standard InChI is InChI=1S/C29H25ClF3N5O/c1-36-12-14-37(15-13-36)19-22-5-8-23(17-25(22)29(31,32)33)35-28(39)21-7-10-26(30)20(16-21)6-9-24-18-34-27-4-2-3-11-38(24)27/h2-5,7-8,10-11,16-18H,12-15,19H2,1H3,(H,35,39). The summed E-state index contributed by atoms with van der Waals surface area (Å²) in [5, 5.41) is 2.93. The van der Waals surface area contributed by atoms with Gasteiger partial charge in [-0.25, -0.2) is 4.98 Å². The first kappa shape index (κ1) is 26.8. The van der Waals surface area contributed by atoms with Crippen molar-refractivity contribution < 1.29 is 18.0 Å². The van der Waals surface area contributed by atoms with E-state index in [1.54, 1.807) is 6.20 Å². The van der Waals surface area contributed by atoms with Crippen LogP contribution < -0.4 is 5.32 Å². The summed E-state index contributed by atoms with van der Waals surface area (Å²) >= 11 is 6.31. The number of imidazole rings is 1. The van der Waals surface area contributed by atoms with Crippen molar-refractivity contribution in [3.05, 3.63) is 100.0 Å². The van der Waals surface area contributed by atoms with Gasteiger partial charge in [0.25, 0.3) is 5.91 Å². The Morgan fingerprint density at radius 1 is 1.05 bits per heavy atom. The van der Waals surface area contributed by atoms with Crippen LogP contribution in [0, 0.1) is 11.8 Å². The molecule has 200 valence electrons. The largest absolute Gasteiger partial charge is 0.416 e. The maximum atomic E-state index is 13.9. The van der Waals surface area contributed by atoms with Crippen molar-refractivity contribution in [1.29, 1.82) is 0 Å². The third-order valence-corrected chi connectivity index (χ3v) is 6.96. The van der Waals surface area contributed by atoms with Crippen LogP contribution in [0.25, 0.3) is 5.65 Å². The molecule has 1 fully saturated rings. The lowest BCUT2D eigenvalue weighted by molar-refractivity contribution is -0.138. The molecule has 6 nitrogen and oxygen atoms in total. The number of benzene rings is 2. The van der Waals surface area contributed by atoms with Gasteiger partial charge in [-0.1, -0.05) is 29.7 Å². The predicted molar refractivity (Wildman–Crippen MR) is 145 cm³/mol. The number of anilines is 1. The van der Waals surface area contributed by atoms with Crippen LogP contribution in [-0.4, -0.2) is 58.3 Å². The van der Waals surface area contributed by atoms with Crippen LogP contribution in [0.5, 0.6) is 0 Å². The monoisotopic (exact) mass is 551 g/mol. The predicted octanol–water partition coefficient (Wildman–Crippen LogP) is 5.41. The summed E-state index contributed by atoms with van der Waals surface area (Å²) in [6, 6.07) is 14.1. The number of likely N-dealkylation sites (N-methyl/N-ethyl adjacent to an activating group) is 1. The topological polar surface area (TPSA) is 52.9 Å². The summed E-state index contributed by atoms with van der Waals surface area (Å²) in [4.78, 5) is 21.4. The molecule has 0 aliphatic carbocycles. The Balaban J connectivity index is 1.35. The van der Waals surface area contributed by atoms with Crippen molar-refractivity contribution in [3.63, 3.8) is 0 Å². The molecule has 1 N–H and O–H groups in total. The average Bonchev–Trinajstić information content (AvgIpc) is 3.33. The number of nitrogens with one attached hydrogen (secondary N) is 1. The number of piperazine rings is 1. The van der Waals surface area contributed by atoms with Crippen molar-refractivity contribution in [2.75, 3.05) is 38.5 Å². The van der Waals surface area contributed by atoms with Crippen LogP contribution in [0.3, 0.4) is 0 Å². The number of carbonyl (C=O) groups is 1. The smallest absolute Gasteiger partial charge is 0.322 e. The van der Waals surface area contributed by atoms with E-state index in [1.807, 2.05) is 40.7 Å². The molecule has 1 amide bonds. The van der Waals surface area contributed by atoms with E-state index in [-0.39, 0.29) is 23.4 Å². The van der Waals surface area contributed by atoms with E-state index in [0.717, 1.165) is 24.8 Å². The summed E-state index contributed by atoms with van der Waals surface area (Å²) in [5.74, 6) is 5.41. The second-order valence-electron chi connectivity index (χ2n) is 9.42. The van der Waals surface area contributed by atoms with E-state index >= 15 is 0 Å². The zero-order valence-electron chi connectivity index (χ0n) is 21.1. The van der Waals surface area contributed by atoms with Crippen molar-refractivity contribution in [2.24, 2.45) is 0 Å². The van der Waals surface area contributed by atoms with Gasteiger partial charge in [-0.3, -0.25) is 14.1 Å². The van der Waals surface area contributed by atoms with Crippen molar-refractivity contribution in [2.45, 2.75) is 12.7 Å². The minimum absolute atomic E-state index is 0.0581. The number of amides is 1. The van der Waals surface area contributed by atoms with Gasteiger partial charge in [-0.05, 0) is 61.0 Å². The minimum Gasteiger partial charge on any atom is -0.322 e. The van der Waals surface area contributed by atoms with E-state index in [4.69, 9.17) is 11.6 Å². The maximum Gasteiger partial charge on any atom is 0.416 e. The van der Waals surface area contributed by atoms with Crippen molar-refractivity contribution in [3.8, 4) is 11.8 Å². The SMILES string of the molecule is CN1CCN(Cc2ccc(NC(=O)c3ccc(Cl)c(C#Cc4cnc5ccccn45)c3)cc2C(F)(F)F)CC1. The molecule has 5 rings (SSSR count). The molecule has 39 heavy (non-hydrogen) atoms. The molecule has 10 heteroatoms. The van der Waals surface area contributed by atoms with Crippen LogP contribution in [0.2, 0.25) is 5.02 Å². The molecule has 0 radical (unpaired) electrons. The lowest BCUT2D eigenvalue weighted by Crippen LogP contribution is -2.44. The number of rotatable bonds is 4. The number of nitrogens with zero attached hydrogens (tertiary/aromatic N) is 4. The van der Waals surface area contributed by atoms with Crippen molar-refractivity contribution in [1.82, 2.24) is 19.2 Å². The summed E-state index contributed by atoms with van der Waals surface area (Å²) < 4.78 is 43.6. The number of pyridine rings is 1. The van der Waals surface area contributed by atoms with Gasteiger partial charge >= 0.3 is 6.18 Å². The molecular formula is C29H25ClF3N5O. The van der Waals surface area contributed by atoms with Gasteiger partial charge in [0, 0.05) is 55.7 Å². The van der Waals surface area contributed by atoms with Crippen LogP contribution in [0.4, 0.5) is 18.9 Å². The van der Waals surface area contributed by atoms with E-state index in [0.29, 0.717) is 29.4 Å². The van der Waals surface area contributed by atoms with Gasteiger partial charge in [0.05, 0.1) is 16.8 Å². The fourth-order valence-corrected chi connectivity index (χ4v) is 4.59.